The van der Waals surface area contributed by atoms with Crippen LogP contribution in [-0.4, -0.2) is 92.8 Å². The number of morpholine rings is 1. The van der Waals surface area contributed by atoms with Crippen LogP contribution in [0.15, 0.2) is 42.5 Å². The molecule has 0 unspecified atom stereocenters. The molecule has 4 heterocycles. The molecule has 2 amide bonds. The average Bonchev–Trinajstić information content (AvgIpc) is 3.33. The second kappa shape index (κ2) is 10.3. The van der Waals surface area contributed by atoms with E-state index in [1.54, 1.807) is 24.0 Å². The lowest BCUT2D eigenvalue weighted by Gasteiger charge is -2.47. The van der Waals surface area contributed by atoms with Gasteiger partial charge in [-0.15, -0.1) is 0 Å². The molecule has 3 aromatic rings. The molecule has 0 aliphatic carbocycles. The van der Waals surface area contributed by atoms with Crippen LogP contribution >= 0.6 is 0 Å². The third-order valence-corrected chi connectivity index (χ3v) is 8.23. The van der Waals surface area contributed by atoms with Gasteiger partial charge in [0.15, 0.2) is 11.5 Å². The Kier molecular flexibility index (Phi) is 6.71. The number of fused-ring (bicyclic) bond motifs is 4. The van der Waals surface area contributed by atoms with E-state index < -0.39 is 12.1 Å². The molecule has 0 radical (unpaired) electrons. The van der Waals surface area contributed by atoms with Crippen LogP contribution in [0.25, 0.3) is 10.9 Å². The molecule has 200 valence electrons. The molecule has 0 saturated carbocycles. The maximum Gasteiger partial charge on any atom is 0.246 e. The fourth-order valence-electron chi connectivity index (χ4n) is 6.39. The number of H-pyrrole nitrogens is 1. The zero-order chi connectivity index (χ0) is 26.2. The van der Waals surface area contributed by atoms with Crippen LogP contribution in [0.1, 0.15) is 29.3 Å². The van der Waals surface area contributed by atoms with E-state index in [0.29, 0.717) is 24.5 Å². The van der Waals surface area contributed by atoms with Gasteiger partial charge in [-0.3, -0.25) is 9.59 Å². The maximum absolute atomic E-state index is 13.9. The van der Waals surface area contributed by atoms with Crippen LogP contribution in [-0.2, 0) is 20.7 Å². The van der Waals surface area contributed by atoms with Gasteiger partial charge in [0.05, 0.1) is 40.5 Å². The predicted octanol–water partition coefficient (Wildman–Crippen LogP) is 1.18. The molecule has 2 fully saturated rings. The van der Waals surface area contributed by atoms with E-state index >= 15 is 0 Å². The summed E-state index contributed by atoms with van der Waals surface area (Å²) in [4.78, 5) is 36.4. The number of aromatic amines is 1. The number of quaternary nitrogens is 1. The van der Waals surface area contributed by atoms with E-state index in [4.69, 9.17) is 14.2 Å². The average molecular weight is 520 g/mol. The van der Waals surface area contributed by atoms with Crippen molar-refractivity contribution in [3.05, 3.63) is 59.3 Å². The van der Waals surface area contributed by atoms with Crippen molar-refractivity contribution in [2.45, 2.75) is 24.9 Å². The first-order chi connectivity index (χ1) is 18.6. The lowest BCUT2D eigenvalue weighted by Crippen LogP contribution is -3.14. The Bertz CT molecular complexity index is 1350. The number of carbonyl (C=O) groups excluding carboxylic acids is 2. The minimum absolute atomic E-state index is 0.0179. The van der Waals surface area contributed by atoms with Crippen molar-refractivity contribution >= 4 is 22.7 Å². The van der Waals surface area contributed by atoms with Crippen molar-refractivity contribution in [2.24, 2.45) is 0 Å². The van der Waals surface area contributed by atoms with E-state index in [0.717, 1.165) is 67.0 Å². The molecule has 0 bridgehead atoms. The number of hydrogen-bond acceptors (Lipinski definition) is 5. The number of piperazine rings is 1. The highest BCUT2D eigenvalue weighted by molar-refractivity contribution is 5.97. The summed E-state index contributed by atoms with van der Waals surface area (Å²) in [7, 11) is 3.21. The lowest BCUT2D eigenvalue weighted by molar-refractivity contribution is -0.908. The Balaban J connectivity index is 1.36. The maximum atomic E-state index is 13.9. The summed E-state index contributed by atoms with van der Waals surface area (Å²) in [5, 5.41) is 1.09. The Hall–Kier alpha value is -3.56. The number of carbonyl (C=O) groups is 2. The van der Waals surface area contributed by atoms with Gasteiger partial charge in [0.2, 0.25) is 11.8 Å². The van der Waals surface area contributed by atoms with E-state index in [1.807, 2.05) is 36.4 Å². The van der Waals surface area contributed by atoms with Crippen molar-refractivity contribution < 1.29 is 28.7 Å². The number of hydrogen-bond donors (Lipinski definition) is 2. The molecular weight excluding hydrogens is 484 g/mol. The smallest absolute Gasteiger partial charge is 0.246 e. The quantitative estimate of drug-likeness (QED) is 0.490. The van der Waals surface area contributed by atoms with Gasteiger partial charge < -0.3 is 33.9 Å². The highest BCUT2D eigenvalue weighted by Crippen LogP contribution is 2.46. The highest BCUT2D eigenvalue weighted by Gasteiger charge is 2.49. The van der Waals surface area contributed by atoms with Gasteiger partial charge in [-0.05, 0) is 17.7 Å². The topological polar surface area (TPSA) is 88.5 Å². The second-order valence-electron chi connectivity index (χ2n) is 10.3. The molecule has 9 heteroatoms. The van der Waals surface area contributed by atoms with E-state index in [-0.39, 0.29) is 18.4 Å². The molecule has 9 nitrogen and oxygen atoms in total. The molecule has 2 aromatic carbocycles. The van der Waals surface area contributed by atoms with E-state index in [2.05, 4.69) is 11.1 Å². The molecule has 1 aromatic heterocycles. The van der Waals surface area contributed by atoms with Gasteiger partial charge in [0.25, 0.3) is 0 Å². The summed E-state index contributed by atoms with van der Waals surface area (Å²) in [6.45, 7) is 5.23. The van der Waals surface area contributed by atoms with Crippen molar-refractivity contribution in [3.8, 4) is 11.5 Å². The van der Waals surface area contributed by atoms with Gasteiger partial charge in [0, 0.05) is 41.5 Å². The molecule has 3 aliphatic heterocycles. The highest BCUT2D eigenvalue weighted by atomic mass is 16.5. The van der Waals surface area contributed by atoms with Gasteiger partial charge >= 0.3 is 0 Å². The van der Waals surface area contributed by atoms with Crippen molar-refractivity contribution in [1.29, 1.82) is 0 Å². The van der Waals surface area contributed by atoms with Crippen LogP contribution in [0, 0.1) is 0 Å². The normalized spacial score (nSPS) is 21.9. The fraction of sp³-hybridized carbons (Fsp3) is 0.448. The van der Waals surface area contributed by atoms with Crippen LogP contribution in [0.5, 0.6) is 11.5 Å². The van der Waals surface area contributed by atoms with Crippen LogP contribution < -0.4 is 14.4 Å². The second-order valence-corrected chi connectivity index (χ2v) is 10.3. The number of rotatable bonds is 7. The molecular formula is C29H35N4O5+. The summed E-state index contributed by atoms with van der Waals surface area (Å²) in [6, 6.07) is 12.8. The number of nitrogens with one attached hydrogen (secondary N) is 2. The number of para-hydroxylation sites is 2. The Morgan fingerprint density at radius 2 is 1.87 bits per heavy atom. The van der Waals surface area contributed by atoms with Gasteiger partial charge in [-0.25, -0.2) is 0 Å². The number of benzene rings is 2. The van der Waals surface area contributed by atoms with Gasteiger partial charge in [-0.2, -0.15) is 0 Å². The zero-order valence-electron chi connectivity index (χ0n) is 22.0. The third-order valence-electron chi connectivity index (χ3n) is 8.23. The predicted molar refractivity (Wildman–Crippen MR) is 142 cm³/mol. The standard InChI is InChI=1S/C29H34N4O5/c1-36-24-10-5-8-20(28(24)37-2)27-26-21(19-7-3-4-9-22(19)30-26)17-23-29(35)32(18-25(34)33(23)27)12-6-11-31-13-15-38-16-14-31/h3-5,7-10,23,27,30H,6,11-18H2,1-2H3/p+1/t23-,27+/m0/s1. The first-order valence-corrected chi connectivity index (χ1v) is 13.4. The Morgan fingerprint density at radius 1 is 1.05 bits per heavy atom. The molecule has 3 aliphatic rings. The number of methoxy groups -OCH3 is 2. The molecule has 2 atom stereocenters. The minimum Gasteiger partial charge on any atom is -0.493 e. The van der Waals surface area contributed by atoms with Crippen molar-refractivity contribution in [1.82, 2.24) is 14.8 Å². The number of nitrogens with zero attached hydrogens (tertiary/aromatic N) is 2. The van der Waals surface area contributed by atoms with Gasteiger partial charge in [-0.1, -0.05) is 30.3 Å². The summed E-state index contributed by atoms with van der Waals surface area (Å²) in [5.41, 5.74) is 3.81. The molecule has 2 saturated heterocycles. The van der Waals surface area contributed by atoms with Crippen molar-refractivity contribution in [3.63, 3.8) is 0 Å². The molecule has 38 heavy (non-hydrogen) atoms. The van der Waals surface area contributed by atoms with E-state index in [9.17, 15) is 9.59 Å². The Morgan fingerprint density at radius 3 is 2.66 bits per heavy atom. The van der Waals surface area contributed by atoms with Crippen LogP contribution in [0.2, 0.25) is 0 Å². The molecule has 2 N–H and O–H groups in total. The fourth-order valence-corrected chi connectivity index (χ4v) is 6.39. The third kappa shape index (κ3) is 4.19. The first-order valence-electron chi connectivity index (χ1n) is 13.4. The number of ether oxygens (including phenoxy) is 3. The van der Waals surface area contributed by atoms with Crippen LogP contribution in [0.4, 0.5) is 0 Å². The number of amides is 2. The minimum atomic E-state index is -0.570. The van der Waals surface area contributed by atoms with Gasteiger partial charge in [0.1, 0.15) is 25.2 Å². The Labute approximate surface area is 222 Å². The van der Waals surface area contributed by atoms with Crippen molar-refractivity contribution in [2.75, 3.05) is 60.2 Å². The van der Waals surface area contributed by atoms with E-state index in [1.165, 1.54) is 4.90 Å². The SMILES string of the molecule is COc1cccc([C@@H]2c3[nH]c4ccccc4c3C[C@H]3C(=O)N(CCC[NH+]4CCOCC4)CC(=O)N23)c1OC. The molecule has 0 spiro atoms. The summed E-state index contributed by atoms with van der Waals surface area (Å²) in [5.74, 6) is 1.13. The summed E-state index contributed by atoms with van der Waals surface area (Å²) >= 11 is 0. The first kappa shape index (κ1) is 24.8. The monoisotopic (exact) mass is 519 g/mol. The summed E-state index contributed by atoms with van der Waals surface area (Å²) in [6.07, 6.45) is 1.35. The number of aromatic nitrogens is 1. The molecule has 6 rings (SSSR count). The lowest BCUT2D eigenvalue weighted by atomic mass is 9.85. The summed E-state index contributed by atoms with van der Waals surface area (Å²) < 4.78 is 16.8. The zero-order valence-corrected chi connectivity index (χ0v) is 22.0. The van der Waals surface area contributed by atoms with Crippen LogP contribution in [0.3, 0.4) is 0 Å². The largest absolute Gasteiger partial charge is 0.493 e.